The van der Waals surface area contributed by atoms with Crippen molar-refractivity contribution in [3.63, 3.8) is 0 Å². The maximum atomic E-state index is 12.2. The van der Waals surface area contributed by atoms with Gasteiger partial charge in [-0.2, -0.15) is 0 Å². The predicted molar refractivity (Wildman–Crippen MR) is 93.4 cm³/mol. The molecule has 1 aliphatic rings. The number of hydrogen-bond acceptors (Lipinski definition) is 5. The highest BCUT2D eigenvalue weighted by Crippen LogP contribution is 2.15. The number of hydrogen-bond donors (Lipinski definition) is 1. The lowest BCUT2D eigenvalue weighted by atomic mass is 10.2. The molecule has 1 aromatic rings. The van der Waals surface area contributed by atoms with Crippen LogP contribution in [0.25, 0.3) is 0 Å². The Morgan fingerprint density at radius 2 is 1.96 bits per heavy atom. The SMILES string of the molecule is CCOC(=O)/C(=N/Nc1ccc(Br)cc1)N1CC(C)OC(C)C1. The summed E-state index contributed by atoms with van der Waals surface area (Å²) in [6, 6.07) is 7.56. The molecule has 1 N–H and O–H groups in total. The van der Waals surface area contributed by atoms with Crippen LogP contribution in [-0.4, -0.2) is 48.6 Å². The number of esters is 1. The molecule has 1 aliphatic heterocycles. The first-order chi connectivity index (χ1) is 11.0. The van der Waals surface area contributed by atoms with Crippen molar-refractivity contribution in [3.8, 4) is 0 Å². The Morgan fingerprint density at radius 3 is 2.52 bits per heavy atom. The molecular weight excluding hydrogens is 362 g/mol. The molecule has 0 spiro atoms. The van der Waals surface area contributed by atoms with E-state index < -0.39 is 5.97 Å². The predicted octanol–water partition coefficient (Wildman–Crippen LogP) is 2.85. The molecule has 0 amide bonds. The van der Waals surface area contributed by atoms with Crippen molar-refractivity contribution in [1.82, 2.24) is 4.90 Å². The minimum absolute atomic E-state index is 0.0334. The number of carbonyl (C=O) groups is 1. The van der Waals surface area contributed by atoms with Crippen LogP contribution in [0.4, 0.5) is 5.69 Å². The van der Waals surface area contributed by atoms with Crippen LogP contribution in [0.1, 0.15) is 20.8 Å². The van der Waals surface area contributed by atoms with Crippen LogP contribution in [0.2, 0.25) is 0 Å². The molecule has 23 heavy (non-hydrogen) atoms. The van der Waals surface area contributed by atoms with E-state index in [1.807, 2.05) is 43.0 Å². The molecule has 0 aliphatic carbocycles. The molecule has 2 rings (SSSR count). The largest absolute Gasteiger partial charge is 0.460 e. The number of carbonyl (C=O) groups excluding carboxylic acids is 1. The van der Waals surface area contributed by atoms with Crippen molar-refractivity contribution in [3.05, 3.63) is 28.7 Å². The first-order valence-corrected chi connectivity index (χ1v) is 8.45. The number of benzene rings is 1. The standard InChI is InChI=1S/C16H22BrN3O3/c1-4-22-16(21)15(20-9-11(2)23-12(3)10-20)19-18-14-7-5-13(17)6-8-14/h5-8,11-12,18H,4,9-10H2,1-3H3/b19-15-. The highest BCUT2D eigenvalue weighted by molar-refractivity contribution is 9.10. The second-order valence-corrected chi connectivity index (χ2v) is 6.35. The first-order valence-electron chi connectivity index (χ1n) is 7.66. The summed E-state index contributed by atoms with van der Waals surface area (Å²) in [6.07, 6.45) is 0.0668. The molecule has 6 nitrogen and oxygen atoms in total. The molecule has 7 heteroatoms. The number of hydrazone groups is 1. The van der Waals surface area contributed by atoms with Gasteiger partial charge in [0, 0.05) is 17.6 Å². The summed E-state index contributed by atoms with van der Waals surface area (Å²) in [5, 5.41) is 4.28. The van der Waals surface area contributed by atoms with Crippen molar-refractivity contribution in [2.75, 3.05) is 25.1 Å². The smallest absolute Gasteiger partial charge is 0.375 e. The zero-order chi connectivity index (χ0) is 16.8. The van der Waals surface area contributed by atoms with E-state index in [9.17, 15) is 4.79 Å². The van der Waals surface area contributed by atoms with E-state index in [-0.39, 0.29) is 18.0 Å². The Kier molecular flexibility index (Phi) is 6.41. The van der Waals surface area contributed by atoms with Crippen LogP contribution < -0.4 is 5.43 Å². The Labute approximate surface area is 145 Å². The average Bonchev–Trinajstić information content (AvgIpc) is 2.48. The molecule has 1 saturated heterocycles. The van der Waals surface area contributed by atoms with Crippen molar-refractivity contribution >= 4 is 33.4 Å². The number of rotatable bonds is 3. The maximum Gasteiger partial charge on any atom is 0.375 e. The van der Waals surface area contributed by atoms with Gasteiger partial charge >= 0.3 is 5.97 Å². The number of anilines is 1. The van der Waals surface area contributed by atoms with Crippen LogP contribution >= 0.6 is 15.9 Å². The van der Waals surface area contributed by atoms with Crippen molar-refractivity contribution < 1.29 is 14.3 Å². The number of nitrogens with zero attached hydrogens (tertiary/aromatic N) is 2. The fraction of sp³-hybridized carbons (Fsp3) is 0.500. The zero-order valence-electron chi connectivity index (χ0n) is 13.6. The van der Waals surface area contributed by atoms with Crippen molar-refractivity contribution in [2.24, 2.45) is 5.10 Å². The van der Waals surface area contributed by atoms with Gasteiger partial charge in [-0.15, -0.1) is 5.10 Å². The van der Waals surface area contributed by atoms with E-state index in [0.29, 0.717) is 19.7 Å². The third kappa shape index (κ3) is 5.21. The Morgan fingerprint density at radius 1 is 1.35 bits per heavy atom. The molecule has 1 heterocycles. The molecule has 1 aromatic carbocycles. The lowest BCUT2D eigenvalue weighted by Gasteiger charge is -2.36. The molecule has 126 valence electrons. The third-order valence-corrected chi connectivity index (χ3v) is 3.84. The van der Waals surface area contributed by atoms with Gasteiger partial charge in [0.1, 0.15) is 0 Å². The summed E-state index contributed by atoms with van der Waals surface area (Å²) in [6.45, 7) is 7.25. The van der Waals surface area contributed by atoms with Crippen LogP contribution in [0, 0.1) is 0 Å². The van der Waals surface area contributed by atoms with Crippen LogP contribution in [0.3, 0.4) is 0 Å². The summed E-state index contributed by atoms with van der Waals surface area (Å²) in [5.74, 6) is -0.157. The van der Waals surface area contributed by atoms with Crippen LogP contribution in [0.5, 0.6) is 0 Å². The highest BCUT2D eigenvalue weighted by atomic mass is 79.9. The van der Waals surface area contributed by atoms with Gasteiger partial charge in [-0.3, -0.25) is 5.43 Å². The average molecular weight is 384 g/mol. The number of halogens is 1. The quantitative estimate of drug-likeness (QED) is 0.376. The third-order valence-electron chi connectivity index (χ3n) is 3.31. The molecule has 0 radical (unpaired) electrons. The van der Waals surface area contributed by atoms with E-state index in [4.69, 9.17) is 9.47 Å². The normalized spacial score (nSPS) is 21.9. The van der Waals surface area contributed by atoms with E-state index >= 15 is 0 Å². The van der Waals surface area contributed by atoms with Gasteiger partial charge in [0.25, 0.3) is 0 Å². The highest BCUT2D eigenvalue weighted by Gasteiger charge is 2.29. The molecule has 0 saturated carbocycles. The number of amidine groups is 1. The summed E-state index contributed by atoms with van der Waals surface area (Å²) in [4.78, 5) is 14.2. The number of nitrogens with one attached hydrogen (secondary N) is 1. The number of ether oxygens (including phenoxy) is 2. The van der Waals surface area contributed by atoms with Crippen molar-refractivity contribution in [1.29, 1.82) is 0 Å². The molecule has 1 fully saturated rings. The van der Waals surface area contributed by atoms with E-state index in [2.05, 4.69) is 26.5 Å². The first kappa shape index (κ1) is 17.7. The fourth-order valence-corrected chi connectivity index (χ4v) is 2.70. The van der Waals surface area contributed by atoms with Gasteiger partial charge in [-0.25, -0.2) is 4.79 Å². The minimum atomic E-state index is -0.432. The summed E-state index contributed by atoms with van der Waals surface area (Å²) in [5.41, 5.74) is 3.72. The van der Waals surface area contributed by atoms with Gasteiger partial charge in [0.15, 0.2) is 0 Å². The van der Waals surface area contributed by atoms with Gasteiger partial charge in [-0.05, 0) is 45.0 Å². The Balaban J connectivity index is 2.17. The van der Waals surface area contributed by atoms with Gasteiger partial charge < -0.3 is 14.4 Å². The van der Waals surface area contributed by atoms with Gasteiger partial charge in [0.2, 0.25) is 5.84 Å². The topological polar surface area (TPSA) is 63.2 Å². The van der Waals surface area contributed by atoms with Crippen molar-refractivity contribution in [2.45, 2.75) is 33.0 Å². The molecule has 0 aromatic heterocycles. The summed E-state index contributed by atoms with van der Waals surface area (Å²) < 4.78 is 11.8. The lowest BCUT2D eigenvalue weighted by Crippen LogP contribution is -2.51. The molecule has 0 bridgehead atoms. The molecular formula is C16H22BrN3O3. The van der Waals surface area contributed by atoms with Gasteiger partial charge in [-0.1, -0.05) is 15.9 Å². The van der Waals surface area contributed by atoms with Crippen LogP contribution in [0.15, 0.2) is 33.8 Å². The lowest BCUT2D eigenvalue weighted by molar-refractivity contribution is -0.136. The van der Waals surface area contributed by atoms with E-state index in [0.717, 1.165) is 10.2 Å². The summed E-state index contributed by atoms with van der Waals surface area (Å²) >= 11 is 3.39. The Hall–Kier alpha value is -1.60. The van der Waals surface area contributed by atoms with Crippen LogP contribution in [-0.2, 0) is 14.3 Å². The second kappa shape index (κ2) is 8.31. The second-order valence-electron chi connectivity index (χ2n) is 5.44. The van der Waals surface area contributed by atoms with E-state index in [1.54, 1.807) is 6.92 Å². The Bertz CT molecular complexity index is 552. The van der Waals surface area contributed by atoms with E-state index in [1.165, 1.54) is 0 Å². The fourth-order valence-electron chi connectivity index (χ4n) is 2.43. The number of morpholine rings is 1. The zero-order valence-corrected chi connectivity index (χ0v) is 15.2. The molecule has 2 atom stereocenters. The minimum Gasteiger partial charge on any atom is -0.460 e. The maximum absolute atomic E-state index is 12.2. The summed E-state index contributed by atoms with van der Waals surface area (Å²) in [7, 11) is 0. The monoisotopic (exact) mass is 383 g/mol. The van der Waals surface area contributed by atoms with Gasteiger partial charge in [0.05, 0.1) is 24.5 Å². The molecule has 2 unspecified atom stereocenters.